The molecule has 0 aliphatic rings. The number of imidazole rings is 1. The molecule has 0 fully saturated rings. The number of rotatable bonds is 3. The van der Waals surface area contributed by atoms with E-state index in [2.05, 4.69) is 11.3 Å². The van der Waals surface area contributed by atoms with Gasteiger partial charge in [-0.1, -0.05) is 18.2 Å². The highest BCUT2D eigenvalue weighted by Crippen LogP contribution is 2.34. The van der Waals surface area contributed by atoms with Crippen LogP contribution in [0.5, 0.6) is 0 Å². The number of fused-ring (bicyclic) bond motifs is 1. The Balaban J connectivity index is 2.35. The van der Waals surface area contributed by atoms with E-state index in [1.165, 1.54) is 16.7 Å². The van der Waals surface area contributed by atoms with Crippen LogP contribution in [0.15, 0.2) is 42.5 Å². The maximum atomic E-state index is 11.2. The van der Waals surface area contributed by atoms with Gasteiger partial charge in [0.1, 0.15) is 5.69 Å². The Morgan fingerprint density at radius 2 is 1.76 bits per heavy atom. The first-order chi connectivity index (χ1) is 10.1. The summed E-state index contributed by atoms with van der Waals surface area (Å²) in [6.07, 6.45) is 2.63. The van der Waals surface area contributed by atoms with Crippen LogP contribution >= 0.6 is 0 Å². The number of benzene rings is 2. The van der Waals surface area contributed by atoms with E-state index >= 15 is 0 Å². The molecule has 3 rings (SSSR count). The zero-order valence-corrected chi connectivity index (χ0v) is 10.5. The average molecular weight is 283 g/mol. The van der Waals surface area contributed by atoms with Gasteiger partial charge in [0.15, 0.2) is 6.33 Å². The number of nitro benzene ring substituents is 2. The predicted octanol–water partition coefficient (Wildman–Crippen LogP) is 2.64. The van der Waals surface area contributed by atoms with Crippen molar-refractivity contribution in [3.63, 3.8) is 0 Å². The van der Waals surface area contributed by atoms with E-state index in [9.17, 15) is 20.2 Å². The fraction of sp³-hybridized carbons (Fsp3) is 0. The number of hydrogen-bond acceptors (Lipinski definition) is 5. The standard InChI is InChI=1S/C13H7N4O4/c18-16(19)12-7-3-6-11(13(12)17(20)21)15-8-14-9-4-1-2-5-10(9)15/h1-7H. The molecule has 0 unspecified atom stereocenters. The summed E-state index contributed by atoms with van der Waals surface area (Å²) < 4.78 is 1.35. The lowest BCUT2D eigenvalue weighted by molar-refractivity contribution is -0.422. The van der Waals surface area contributed by atoms with Crippen LogP contribution in [0, 0.1) is 26.6 Å². The van der Waals surface area contributed by atoms with E-state index in [1.807, 2.05) is 0 Å². The molecule has 0 aliphatic heterocycles. The van der Waals surface area contributed by atoms with Crippen LogP contribution in [0.3, 0.4) is 0 Å². The van der Waals surface area contributed by atoms with Crippen LogP contribution in [0.4, 0.5) is 11.4 Å². The molecule has 1 aromatic heterocycles. The van der Waals surface area contributed by atoms with Crippen molar-refractivity contribution in [2.75, 3.05) is 0 Å². The molecule has 3 aromatic rings. The molecule has 0 spiro atoms. The third kappa shape index (κ3) is 1.98. The molecule has 0 N–H and O–H groups in total. The second-order valence-corrected chi connectivity index (χ2v) is 4.20. The molecular weight excluding hydrogens is 276 g/mol. The lowest BCUT2D eigenvalue weighted by atomic mass is 10.2. The highest BCUT2D eigenvalue weighted by atomic mass is 16.6. The van der Waals surface area contributed by atoms with Crippen LogP contribution in [0.2, 0.25) is 0 Å². The van der Waals surface area contributed by atoms with E-state index < -0.39 is 21.2 Å². The Hall–Kier alpha value is -3.29. The van der Waals surface area contributed by atoms with E-state index in [-0.39, 0.29) is 5.69 Å². The average Bonchev–Trinajstić information content (AvgIpc) is 2.90. The van der Waals surface area contributed by atoms with Crippen LogP contribution in [-0.4, -0.2) is 19.4 Å². The lowest BCUT2D eigenvalue weighted by Gasteiger charge is -2.05. The summed E-state index contributed by atoms with van der Waals surface area (Å²) in [5.41, 5.74) is 0.0906. The molecule has 1 radical (unpaired) electrons. The second kappa shape index (κ2) is 4.67. The number of aromatic nitrogens is 2. The van der Waals surface area contributed by atoms with Gasteiger partial charge in [0.2, 0.25) is 0 Å². The molecule has 1 heterocycles. The minimum Gasteiger partial charge on any atom is -0.283 e. The van der Waals surface area contributed by atoms with Gasteiger partial charge in [0.25, 0.3) is 0 Å². The van der Waals surface area contributed by atoms with Crippen molar-refractivity contribution in [1.82, 2.24) is 9.55 Å². The third-order valence-electron chi connectivity index (χ3n) is 3.01. The molecular formula is C13H7N4O4. The monoisotopic (exact) mass is 283 g/mol. The molecule has 0 bridgehead atoms. The Morgan fingerprint density at radius 3 is 2.48 bits per heavy atom. The minimum atomic E-state index is -0.777. The maximum absolute atomic E-state index is 11.2. The molecule has 0 saturated heterocycles. The third-order valence-corrected chi connectivity index (χ3v) is 3.01. The van der Waals surface area contributed by atoms with Crippen molar-refractivity contribution in [3.05, 3.63) is 69.0 Å². The van der Waals surface area contributed by atoms with E-state index in [1.54, 1.807) is 24.3 Å². The quantitative estimate of drug-likeness (QED) is 0.542. The summed E-state index contributed by atoms with van der Waals surface area (Å²) in [5, 5.41) is 22.2. The molecule has 0 aliphatic carbocycles. The smallest absolute Gasteiger partial charge is 0.283 e. The minimum absolute atomic E-state index is 0.0582. The molecule has 8 nitrogen and oxygen atoms in total. The summed E-state index contributed by atoms with van der Waals surface area (Å²) >= 11 is 0. The Morgan fingerprint density at radius 1 is 1.00 bits per heavy atom. The SMILES string of the molecule is O=[N+]([O-])c1cccc(-n2[c]nc3ccccc32)c1[N+](=O)[O-]. The molecule has 103 valence electrons. The maximum Gasteiger partial charge on any atom is 0.369 e. The van der Waals surface area contributed by atoms with E-state index in [4.69, 9.17) is 0 Å². The number of nitrogens with zero attached hydrogens (tertiary/aromatic N) is 4. The highest BCUT2D eigenvalue weighted by molar-refractivity contribution is 5.79. The fourth-order valence-corrected chi connectivity index (χ4v) is 2.12. The summed E-state index contributed by atoms with van der Waals surface area (Å²) in [6.45, 7) is 0. The molecule has 2 aromatic carbocycles. The van der Waals surface area contributed by atoms with Crippen molar-refractivity contribution in [3.8, 4) is 5.69 Å². The van der Waals surface area contributed by atoms with Crippen LogP contribution < -0.4 is 0 Å². The van der Waals surface area contributed by atoms with Crippen LogP contribution in [-0.2, 0) is 0 Å². The first-order valence-corrected chi connectivity index (χ1v) is 5.87. The van der Waals surface area contributed by atoms with Crippen molar-refractivity contribution in [1.29, 1.82) is 0 Å². The topological polar surface area (TPSA) is 104 Å². The van der Waals surface area contributed by atoms with Crippen molar-refractivity contribution in [2.24, 2.45) is 0 Å². The zero-order chi connectivity index (χ0) is 15.0. The van der Waals surface area contributed by atoms with Crippen LogP contribution in [0.1, 0.15) is 0 Å². The Kier molecular flexibility index (Phi) is 2.83. The highest BCUT2D eigenvalue weighted by Gasteiger charge is 2.29. The molecule has 8 heteroatoms. The fourth-order valence-electron chi connectivity index (χ4n) is 2.12. The Labute approximate surface area is 117 Å². The van der Waals surface area contributed by atoms with Gasteiger partial charge in [-0.2, -0.15) is 0 Å². The normalized spacial score (nSPS) is 10.7. The van der Waals surface area contributed by atoms with Crippen molar-refractivity contribution in [2.45, 2.75) is 0 Å². The molecule has 0 saturated carbocycles. The van der Waals surface area contributed by atoms with E-state index in [0.29, 0.717) is 11.0 Å². The van der Waals surface area contributed by atoms with Gasteiger partial charge in [0, 0.05) is 6.07 Å². The Bertz CT molecular complexity index is 871. The summed E-state index contributed by atoms with van der Waals surface area (Å²) in [4.78, 5) is 24.7. The second-order valence-electron chi connectivity index (χ2n) is 4.20. The molecule has 21 heavy (non-hydrogen) atoms. The molecule has 0 atom stereocenters. The van der Waals surface area contributed by atoms with Gasteiger partial charge in [-0.3, -0.25) is 24.8 Å². The van der Waals surface area contributed by atoms with E-state index in [0.717, 1.165) is 6.07 Å². The lowest BCUT2D eigenvalue weighted by Crippen LogP contribution is -2.03. The first kappa shape index (κ1) is 12.7. The summed E-state index contributed by atoms with van der Waals surface area (Å²) in [6, 6.07) is 10.9. The van der Waals surface area contributed by atoms with Crippen molar-refractivity contribution >= 4 is 22.4 Å². The van der Waals surface area contributed by atoms with Gasteiger partial charge in [-0.05, 0) is 18.2 Å². The van der Waals surface area contributed by atoms with Gasteiger partial charge < -0.3 is 0 Å². The number of para-hydroxylation sites is 3. The zero-order valence-electron chi connectivity index (χ0n) is 10.5. The first-order valence-electron chi connectivity index (χ1n) is 5.87. The van der Waals surface area contributed by atoms with Gasteiger partial charge >= 0.3 is 11.4 Å². The van der Waals surface area contributed by atoms with Gasteiger partial charge in [-0.25, -0.2) is 4.98 Å². The summed E-state index contributed by atoms with van der Waals surface area (Å²) in [7, 11) is 0. The molecule has 0 amide bonds. The van der Waals surface area contributed by atoms with Gasteiger partial charge in [-0.15, -0.1) is 0 Å². The van der Waals surface area contributed by atoms with Crippen molar-refractivity contribution < 1.29 is 9.85 Å². The summed E-state index contributed by atoms with van der Waals surface area (Å²) in [5.74, 6) is 0. The number of nitro groups is 2. The predicted molar refractivity (Wildman–Crippen MR) is 73.2 cm³/mol. The largest absolute Gasteiger partial charge is 0.369 e. The van der Waals surface area contributed by atoms with Crippen LogP contribution in [0.25, 0.3) is 16.7 Å². The number of hydrogen-bond donors (Lipinski definition) is 0. The van der Waals surface area contributed by atoms with Gasteiger partial charge in [0.05, 0.1) is 20.9 Å².